The molecule has 0 bridgehead atoms. The first kappa shape index (κ1) is 15.1. The monoisotopic (exact) mass is 308 g/mol. The molecule has 7 heteroatoms. The summed E-state index contributed by atoms with van der Waals surface area (Å²) in [5.74, 6) is -0.00486. The van der Waals surface area contributed by atoms with E-state index in [1.807, 2.05) is 0 Å². The maximum atomic E-state index is 11.6. The number of phenolic OH excluding ortho intramolecular Hbond substituents is 2. The number of hydrogen-bond donors (Lipinski definition) is 4. The zero-order chi connectivity index (χ0) is 15.5. The Kier molecular flexibility index (Phi) is 4.35. The van der Waals surface area contributed by atoms with E-state index in [4.69, 9.17) is 0 Å². The van der Waals surface area contributed by atoms with E-state index < -0.39 is 10.0 Å². The molecule has 112 valence electrons. The van der Waals surface area contributed by atoms with Crippen LogP contribution in [0.25, 0.3) is 0 Å². The summed E-state index contributed by atoms with van der Waals surface area (Å²) < 4.78 is 25.4. The third-order valence-electron chi connectivity index (χ3n) is 2.99. The Morgan fingerprint density at radius 3 is 2.29 bits per heavy atom. The minimum atomic E-state index is -3.44. The van der Waals surface area contributed by atoms with Crippen LogP contribution in [0, 0.1) is 0 Å². The molecule has 0 saturated carbocycles. The molecule has 4 N–H and O–H groups in total. The summed E-state index contributed by atoms with van der Waals surface area (Å²) in [5, 5.41) is 21.9. The molecule has 21 heavy (non-hydrogen) atoms. The number of anilines is 1. The average Bonchev–Trinajstić information content (AvgIpc) is 2.47. The van der Waals surface area contributed by atoms with Gasteiger partial charge in [0.25, 0.3) is 0 Å². The van der Waals surface area contributed by atoms with Crippen molar-refractivity contribution in [2.75, 3.05) is 12.4 Å². The van der Waals surface area contributed by atoms with Crippen LogP contribution in [0.3, 0.4) is 0 Å². The second-order valence-electron chi connectivity index (χ2n) is 4.40. The van der Waals surface area contributed by atoms with Gasteiger partial charge in [0, 0.05) is 23.9 Å². The SMILES string of the molecule is CNS(=O)(=O)c1ccc(NCc2ccc(O)cc2O)cc1. The molecular formula is C14H16N2O4S. The van der Waals surface area contributed by atoms with Gasteiger partial charge < -0.3 is 15.5 Å². The predicted octanol–water partition coefficient (Wildman–Crippen LogP) is 1.62. The fourth-order valence-corrected chi connectivity index (χ4v) is 2.50. The third-order valence-corrected chi connectivity index (χ3v) is 4.42. The van der Waals surface area contributed by atoms with Crippen LogP contribution in [-0.4, -0.2) is 25.7 Å². The molecule has 0 aliphatic rings. The quantitative estimate of drug-likeness (QED) is 0.673. The number of nitrogens with one attached hydrogen (secondary N) is 2. The van der Waals surface area contributed by atoms with Crippen molar-refractivity contribution in [2.45, 2.75) is 11.4 Å². The first-order chi connectivity index (χ1) is 9.92. The number of aromatic hydroxyl groups is 2. The number of phenols is 2. The first-order valence-corrected chi connectivity index (χ1v) is 7.69. The van der Waals surface area contributed by atoms with Crippen LogP contribution in [0.5, 0.6) is 11.5 Å². The first-order valence-electron chi connectivity index (χ1n) is 6.21. The molecule has 0 spiro atoms. The minimum absolute atomic E-state index is 0.00197. The van der Waals surface area contributed by atoms with E-state index in [1.54, 1.807) is 18.2 Å². The van der Waals surface area contributed by atoms with E-state index in [0.717, 1.165) is 5.69 Å². The molecule has 2 aromatic rings. The van der Waals surface area contributed by atoms with Crippen LogP contribution in [0.2, 0.25) is 0 Å². The molecule has 0 heterocycles. The summed E-state index contributed by atoms with van der Waals surface area (Å²) in [6, 6.07) is 10.6. The lowest BCUT2D eigenvalue weighted by Crippen LogP contribution is -2.18. The van der Waals surface area contributed by atoms with E-state index >= 15 is 0 Å². The number of rotatable bonds is 5. The molecule has 0 aliphatic carbocycles. The molecular weight excluding hydrogens is 292 g/mol. The molecule has 0 unspecified atom stereocenters. The van der Waals surface area contributed by atoms with Crippen LogP contribution >= 0.6 is 0 Å². The van der Waals surface area contributed by atoms with Crippen molar-refractivity contribution in [2.24, 2.45) is 0 Å². The molecule has 2 rings (SSSR count). The number of hydrogen-bond acceptors (Lipinski definition) is 5. The van der Waals surface area contributed by atoms with Gasteiger partial charge in [-0.1, -0.05) is 0 Å². The van der Waals surface area contributed by atoms with E-state index in [9.17, 15) is 18.6 Å². The molecule has 0 radical (unpaired) electrons. The second kappa shape index (κ2) is 6.02. The zero-order valence-corrected chi connectivity index (χ0v) is 12.2. The van der Waals surface area contributed by atoms with Gasteiger partial charge >= 0.3 is 0 Å². The lowest BCUT2D eigenvalue weighted by molar-refractivity contribution is 0.446. The molecule has 0 aromatic heterocycles. The van der Waals surface area contributed by atoms with Crippen LogP contribution < -0.4 is 10.0 Å². The Bertz CT molecular complexity index is 727. The summed E-state index contributed by atoms with van der Waals surface area (Å²) in [7, 11) is -2.08. The Morgan fingerprint density at radius 1 is 1.05 bits per heavy atom. The van der Waals surface area contributed by atoms with Crippen LogP contribution in [0.1, 0.15) is 5.56 Å². The van der Waals surface area contributed by atoms with Crippen molar-refractivity contribution in [3.8, 4) is 11.5 Å². The molecule has 2 aromatic carbocycles. The standard InChI is InChI=1S/C14H16N2O4S/c1-15-21(19,20)13-6-3-11(4-7-13)16-9-10-2-5-12(17)8-14(10)18/h2-8,15-18H,9H2,1H3. The van der Waals surface area contributed by atoms with Gasteiger partial charge in [-0.15, -0.1) is 0 Å². The number of benzene rings is 2. The van der Waals surface area contributed by atoms with Crippen molar-refractivity contribution in [3.63, 3.8) is 0 Å². The van der Waals surface area contributed by atoms with Crippen molar-refractivity contribution < 1.29 is 18.6 Å². The smallest absolute Gasteiger partial charge is 0.240 e. The van der Waals surface area contributed by atoms with Crippen LogP contribution in [0.15, 0.2) is 47.4 Å². The average molecular weight is 308 g/mol. The van der Waals surface area contributed by atoms with Crippen LogP contribution in [-0.2, 0) is 16.6 Å². The Balaban J connectivity index is 2.07. The molecule has 0 fully saturated rings. The summed E-state index contributed by atoms with van der Waals surface area (Å²) in [6.45, 7) is 0.351. The predicted molar refractivity (Wildman–Crippen MR) is 79.8 cm³/mol. The summed E-state index contributed by atoms with van der Waals surface area (Å²) in [4.78, 5) is 0.183. The van der Waals surface area contributed by atoms with E-state index in [-0.39, 0.29) is 16.4 Å². The molecule has 0 amide bonds. The van der Waals surface area contributed by atoms with Gasteiger partial charge in [0.05, 0.1) is 4.90 Å². The van der Waals surface area contributed by atoms with Gasteiger partial charge in [0.15, 0.2) is 0 Å². The Labute approximate surface area is 123 Å². The van der Waals surface area contributed by atoms with E-state index in [0.29, 0.717) is 12.1 Å². The second-order valence-corrected chi connectivity index (χ2v) is 6.29. The lowest BCUT2D eigenvalue weighted by Gasteiger charge is -2.09. The molecule has 0 saturated heterocycles. The van der Waals surface area contributed by atoms with Gasteiger partial charge in [-0.2, -0.15) is 0 Å². The van der Waals surface area contributed by atoms with E-state index in [2.05, 4.69) is 10.0 Å². The van der Waals surface area contributed by atoms with Crippen molar-refractivity contribution in [1.82, 2.24) is 4.72 Å². The van der Waals surface area contributed by atoms with Crippen molar-refractivity contribution >= 4 is 15.7 Å². The Hall–Kier alpha value is -2.25. The largest absolute Gasteiger partial charge is 0.508 e. The van der Waals surface area contributed by atoms with Gasteiger partial charge in [-0.05, 0) is 43.4 Å². The lowest BCUT2D eigenvalue weighted by atomic mass is 10.2. The molecule has 0 atom stereocenters. The topological polar surface area (TPSA) is 98.7 Å². The van der Waals surface area contributed by atoms with Gasteiger partial charge in [0.1, 0.15) is 11.5 Å². The normalized spacial score (nSPS) is 11.3. The highest BCUT2D eigenvalue weighted by molar-refractivity contribution is 7.89. The fourth-order valence-electron chi connectivity index (χ4n) is 1.77. The fraction of sp³-hybridized carbons (Fsp3) is 0.143. The van der Waals surface area contributed by atoms with Crippen molar-refractivity contribution in [3.05, 3.63) is 48.0 Å². The summed E-state index contributed by atoms with van der Waals surface area (Å²) in [6.07, 6.45) is 0. The summed E-state index contributed by atoms with van der Waals surface area (Å²) in [5.41, 5.74) is 1.34. The maximum absolute atomic E-state index is 11.6. The molecule has 6 nitrogen and oxygen atoms in total. The van der Waals surface area contributed by atoms with Crippen LogP contribution in [0.4, 0.5) is 5.69 Å². The highest BCUT2D eigenvalue weighted by Gasteiger charge is 2.10. The van der Waals surface area contributed by atoms with Gasteiger partial charge in [0.2, 0.25) is 10.0 Å². The summed E-state index contributed by atoms with van der Waals surface area (Å²) >= 11 is 0. The van der Waals surface area contributed by atoms with Gasteiger partial charge in [-0.25, -0.2) is 13.1 Å². The minimum Gasteiger partial charge on any atom is -0.508 e. The highest BCUT2D eigenvalue weighted by Crippen LogP contribution is 2.23. The van der Waals surface area contributed by atoms with Crippen molar-refractivity contribution in [1.29, 1.82) is 0 Å². The van der Waals surface area contributed by atoms with E-state index in [1.165, 1.54) is 31.3 Å². The number of sulfonamides is 1. The zero-order valence-electron chi connectivity index (χ0n) is 11.4. The van der Waals surface area contributed by atoms with Gasteiger partial charge in [-0.3, -0.25) is 0 Å². The Morgan fingerprint density at radius 2 is 1.71 bits per heavy atom. The third kappa shape index (κ3) is 3.65. The maximum Gasteiger partial charge on any atom is 0.240 e. The highest BCUT2D eigenvalue weighted by atomic mass is 32.2. The molecule has 0 aliphatic heterocycles.